The Balaban J connectivity index is 1.51. The number of rotatable bonds is 14. The van der Waals surface area contributed by atoms with Crippen LogP contribution in [0.15, 0.2) is 83.8 Å². The third kappa shape index (κ3) is 8.68. The van der Waals surface area contributed by atoms with E-state index >= 15 is 0 Å². The number of carbonyl (C=O) groups is 1. The van der Waals surface area contributed by atoms with Crippen LogP contribution in [-0.2, 0) is 11.2 Å². The number of aryl methyl sites for hydroxylation is 1. The molecule has 0 N–H and O–H groups in total. The van der Waals surface area contributed by atoms with Gasteiger partial charge in [-0.2, -0.15) is 0 Å². The van der Waals surface area contributed by atoms with Gasteiger partial charge in [-0.3, -0.25) is 0 Å². The molecule has 0 aromatic heterocycles. The lowest BCUT2D eigenvalue weighted by atomic mass is 10.0. The minimum absolute atomic E-state index is 0.0248. The lowest BCUT2D eigenvalue weighted by Gasteiger charge is -2.17. The number of carbonyl (C=O) groups excluding carboxylic acids is 1. The van der Waals surface area contributed by atoms with Gasteiger partial charge in [-0.1, -0.05) is 87.7 Å². The van der Waals surface area contributed by atoms with Crippen LogP contribution in [0.1, 0.15) is 74.7 Å². The van der Waals surface area contributed by atoms with E-state index in [2.05, 4.69) is 62.4 Å². The van der Waals surface area contributed by atoms with E-state index in [1.54, 1.807) is 0 Å². The summed E-state index contributed by atoms with van der Waals surface area (Å²) in [6, 6.07) is 27.0. The number of thioether (sulfide) groups is 1. The monoisotopic (exact) mass is 474 g/mol. The Kier molecular flexibility index (Phi) is 11.3. The number of ether oxygens (including phenoxy) is 1. The Hall–Kier alpha value is -2.52. The molecule has 1 unspecified atom stereocenters. The quantitative estimate of drug-likeness (QED) is 0.132. The van der Waals surface area contributed by atoms with E-state index in [4.69, 9.17) is 4.74 Å². The van der Waals surface area contributed by atoms with E-state index in [-0.39, 0.29) is 12.1 Å². The normalized spacial score (nSPS) is 11.8. The molecule has 0 saturated carbocycles. The van der Waals surface area contributed by atoms with Crippen LogP contribution in [0.25, 0.3) is 11.1 Å². The van der Waals surface area contributed by atoms with Crippen LogP contribution in [0.3, 0.4) is 0 Å². The first-order chi connectivity index (χ1) is 16.7. The highest BCUT2D eigenvalue weighted by molar-refractivity contribution is 7.99. The number of unbranched alkanes of at least 4 members (excludes halogenated alkanes) is 2. The molecule has 0 spiro atoms. The topological polar surface area (TPSA) is 26.3 Å². The van der Waals surface area contributed by atoms with Gasteiger partial charge in [-0.05, 0) is 78.8 Å². The van der Waals surface area contributed by atoms with Gasteiger partial charge in [0.2, 0.25) is 0 Å². The van der Waals surface area contributed by atoms with Crippen molar-refractivity contribution in [1.29, 1.82) is 0 Å². The molecule has 0 bridgehead atoms. The van der Waals surface area contributed by atoms with Gasteiger partial charge in [-0.25, -0.2) is 4.79 Å². The highest BCUT2D eigenvalue weighted by atomic mass is 32.2. The zero-order valence-corrected chi connectivity index (χ0v) is 21.5. The van der Waals surface area contributed by atoms with Crippen molar-refractivity contribution in [1.82, 2.24) is 0 Å². The average molecular weight is 475 g/mol. The van der Waals surface area contributed by atoms with Gasteiger partial charge in [0, 0.05) is 4.90 Å². The van der Waals surface area contributed by atoms with Crippen molar-refractivity contribution in [3.05, 3.63) is 90.0 Å². The highest BCUT2D eigenvalue weighted by Gasteiger charge is 2.15. The zero-order valence-electron chi connectivity index (χ0n) is 20.7. The largest absolute Gasteiger partial charge is 0.459 e. The second-order valence-electron chi connectivity index (χ2n) is 8.85. The summed E-state index contributed by atoms with van der Waals surface area (Å²) < 4.78 is 5.89. The summed E-state index contributed by atoms with van der Waals surface area (Å²) in [6.07, 6.45) is 8.65. The number of esters is 1. The van der Waals surface area contributed by atoms with Crippen molar-refractivity contribution < 1.29 is 9.53 Å². The van der Waals surface area contributed by atoms with E-state index < -0.39 is 0 Å². The molecule has 1 atom stereocenters. The molecule has 0 aliphatic heterocycles. The Morgan fingerprint density at radius 2 is 1.44 bits per heavy atom. The van der Waals surface area contributed by atoms with Gasteiger partial charge >= 0.3 is 5.97 Å². The van der Waals surface area contributed by atoms with Crippen molar-refractivity contribution in [2.24, 2.45) is 0 Å². The second kappa shape index (κ2) is 14.7. The van der Waals surface area contributed by atoms with Gasteiger partial charge in [0.15, 0.2) is 0 Å². The molecule has 0 aliphatic carbocycles. The summed E-state index contributed by atoms with van der Waals surface area (Å²) in [5.41, 5.74) is 4.24. The van der Waals surface area contributed by atoms with E-state index in [9.17, 15) is 4.79 Å². The minimum Gasteiger partial charge on any atom is -0.459 e. The molecule has 3 heteroatoms. The Morgan fingerprint density at radius 3 is 2.09 bits per heavy atom. The Bertz CT molecular complexity index is 965. The van der Waals surface area contributed by atoms with Crippen LogP contribution in [-0.4, -0.2) is 17.8 Å². The van der Waals surface area contributed by atoms with Crippen molar-refractivity contribution >= 4 is 17.7 Å². The first kappa shape index (κ1) is 26.1. The molecule has 0 amide bonds. The standard InChI is InChI=1S/C31H38O2S/c1-3-5-9-24-34-30-22-20-27(21-23-30)26-16-18-28(19-17-26)31(32)33-29(11-4-2)15-10-14-25-12-7-6-8-13-25/h6-8,12-13,16-23,29H,3-5,9-11,14-15,24H2,1-2H3. The zero-order chi connectivity index (χ0) is 24.0. The maximum absolute atomic E-state index is 12.8. The lowest BCUT2D eigenvalue weighted by molar-refractivity contribution is 0.0255. The van der Waals surface area contributed by atoms with Crippen LogP contribution >= 0.6 is 11.8 Å². The molecule has 0 aliphatic rings. The lowest BCUT2D eigenvalue weighted by Crippen LogP contribution is -2.18. The number of benzene rings is 3. The summed E-state index contributed by atoms with van der Waals surface area (Å²) in [4.78, 5) is 14.1. The predicted molar refractivity (Wildman–Crippen MR) is 146 cm³/mol. The van der Waals surface area contributed by atoms with Gasteiger partial charge in [0.25, 0.3) is 0 Å². The predicted octanol–water partition coefficient (Wildman–Crippen LogP) is 8.98. The van der Waals surface area contributed by atoms with E-state index in [1.807, 2.05) is 42.1 Å². The Morgan fingerprint density at radius 1 is 0.765 bits per heavy atom. The van der Waals surface area contributed by atoms with Gasteiger partial charge in [0.05, 0.1) is 5.56 Å². The van der Waals surface area contributed by atoms with Gasteiger partial charge in [0.1, 0.15) is 6.10 Å². The smallest absolute Gasteiger partial charge is 0.338 e. The van der Waals surface area contributed by atoms with Crippen LogP contribution < -0.4 is 0 Å². The van der Waals surface area contributed by atoms with Crippen LogP contribution in [0.4, 0.5) is 0 Å². The summed E-state index contributed by atoms with van der Waals surface area (Å²) in [7, 11) is 0. The molecule has 3 rings (SSSR count). The van der Waals surface area contributed by atoms with Crippen LogP contribution in [0.2, 0.25) is 0 Å². The number of hydrogen-bond donors (Lipinski definition) is 0. The fraction of sp³-hybridized carbons (Fsp3) is 0.387. The maximum Gasteiger partial charge on any atom is 0.338 e. The molecular formula is C31H38O2S. The molecular weight excluding hydrogens is 436 g/mol. The van der Waals surface area contributed by atoms with E-state index in [0.29, 0.717) is 5.56 Å². The summed E-state index contributed by atoms with van der Waals surface area (Å²) in [5, 5.41) is 0. The molecule has 34 heavy (non-hydrogen) atoms. The van der Waals surface area contributed by atoms with Gasteiger partial charge in [-0.15, -0.1) is 11.8 Å². The molecule has 0 radical (unpaired) electrons. The minimum atomic E-state index is -0.219. The molecule has 0 saturated heterocycles. The fourth-order valence-electron chi connectivity index (χ4n) is 4.07. The summed E-state index contributed by atoms with van der Waals surface area (Å²) in [6.45, 7) is 4.38. The second-order valence-corrected chi connectivity index (χ2v) is 10.0. The third-order valence-corrected chi connectivity index (χ3v) is 7.14. The molecule has 180 valence electrons. The SMILES string of the molecule is CCCCCSc1ccc(-c2ccc(C(=O)OC(CCC)CCCc3ccccc3)cc2)cc1. The molecule has 3 aromatic rings. The molecule has 0 fully saturated rings. The third-order valence-electron chi connectivity index (χ3n) is 6.04. The molecule has 0 heterocycles. The van der Waals surface area contributed by atoms with Crippen molar-refractivity contribution in [2.75, 3.05) is 5.75 Å². The van der Waals surface area contributed by atoms with Crippen LogP contribution in [0, 0.1) is 0 Å². The van der Waals surface area contributed by atoms with Crippen molar-refractivity contribution in [3.8, 4) is 11.1 Å². The fourth-order valence-corrected chi connectivity index (χ4v) is 4.98. The summed E-state index contributed by atoms with van der Waals surface area (Å²) >= 11 is 1.92. The van der Waals surface area contributed by atoms with E-state index in [0.717, 1.165) is 37.7 Å². The highest BCUT2D eigenvalue weighted by Crippen LogP contribution is 2.26. The molecule has 2 nitrogen and oxygen atoms in total. The van der Waals surface area contributed by atoms with Crippen molar-refractivity contribution in [2.45, 2.75) is 76.2 Å². The van der Waals surface area contributed by atoms with E-state index in [1.165, 1.54) is 41.0 Å². The van der Waals surface area contributed by atoms with Crippen LogP contribution in [0.5, 0.6) is 0 Å². The first-order valence-corrected chi connectivity index (χ1v) is 13.8. The first-order valence-electron chi connectivity index (χ1n) is 12.8. The number of hydrogen-bond acceptors (Lipinski definition) is 3. The molecule has 3 aromatic carbocycles. The average Bonchev–Trinajstić information content (AvgIpc) is 2.88. The van der Waals surface area contributed by atoms with Gasteiger partial charge < -0.3 is 4.74 Å². The maximum atomic E-state index is 12.8. The summed E-state index contributed by atoms with van der Waals surface area (Å²) in [5.74, 6) is 0.957. The Labute approximate surface area is 210 Å². The van der Waals surface area contributed by atoms with Crippen molar-refractivity contribution in [3.63, 3.8) is 0 Å².